The van der Waals surface area contributed by atoms with Crippen LogP contribution in [-0.2, 0) is 0 Å². The molecule has 0 aliphatic carbocycles. The molecule has 0 saturated heterocycles. The van der Waals surface area contributed by atoms with Gasteiger partial charge in [-0.05, 0) is 178 Å². The van der Waals surface area contributed by atoms with Crippen LogP contribution >= 0.6 is 0 Å². The van der Waals surface area contributed by atoms with Gasteiger partial charge in [0.15, 0.2) is 0 Å². The van der Waals surface area contributed by atoms with Crippen molar-refractivity contribution < 1.29 is 0 Å². The maximum atomic E-state index is 3.34. The Morgan fingerprint density at radius 3 is 0.903 bits per heavy atom. The number of anilines is 11. The maximum absolute atomic E-state index is 3.34. The number of hydrogen-bond acceptors (Lipinski definition) is 4. The zero-order valence-electron chi connectivity index (χ0n) is 35.9. The molecule has 0 amide bonds. The van der Waals surface area contributed by atoms with Gasteiger partial charge in [0.05, 0.1) is 0 Å². The molecule has 0 fully saturated rings. The largest absolute Gasteiger partial charge is 0.356 e. The van der Waals surface area contributed by atoms with Crippen molar-refractivity contribution in [3.8, 4) is 0 Å². The minimum Gasteiger partial charge on any atom is -0.356 e. The fraction of sp³-hybridized carbons (Fsp3) is 0.0690. The third kappa shape index (κ3) is 10.1. The van der Waals surface area contributed by atoms with Crippen LogP contribution < -0.4 is 20.0 Å². The van der Waals surface area contributed by atoms with E-state index in [0.29, 0.717) is 0 Å². The first-order chi connectivity index (χ1) is 30.4. The van der Waals surface area contributed by atoms with Crippen LogP contribution in [0, 0.1) is 27.7 Å². The average Bonchev–Trinajstić information content (AvgIpc) is 3.30. The van der Waals surface area contributed by atoms with E-state index in [1.165, 1.54) is 22.3 Å². The van der Waals surface area contributed by atoms with Crippen molar-refractivity contribution in [1.29, 1.82) is 0 Å². The van der Waals surface area contributed by atoms with Crippen molar-refractivity contribution in [1.82, 2.24) is 0 Å². The second-order valence-corrected chi connectivity index (χ2v) is 15.6. The number of nitrogens with one attached hydrogen (secondary N) is 1. The smallest absolute Gasteiger partial charge is 0.0464 e. The summed E-state index contributed by atoms with van der Waals surface area (Å²) in [7, 11) is 0. The van der Waals surface area contributed by atoms with E-state index in [0.717, 1.165) is 62.6 Å². The quantitative estimate of drug-likeness (QED) is 0.141. The van der Waals surface area contributed by atoms with Gasteiger partial charge >= 0.3 is 0 Å². The molecule has 0 atom stereocenters. The van der Waals surface area contributed by atoms with Crippen LogP contribution in [-0.4, -0.2) is 0 Å². The van der Waals surface area contributed by atoms with E-state index >= 15 is 0 Å². The van der Waals surface area contributed by atoms with Crippen molar-refractivity contribution in [2.75, 3.05) is 20.0 Å². The van der Waals surface area contributed by atoms with Crippen LogP contribution in [0.3, 0.4) is 0 Å². The lowest BCUT2D eigenvalue weighted by Crippen LogP contribution is -2.13. The van der Waals surface area contributed by atoms with Crippen LogP contribution in [0.15, 0.2) is 237 Å². The number of benzene rings is 9. The van der Waals surface area contributed by atoms with Crippen LogP contribution in [0.2, 0.25) is 0 Å². The van der Waals surface area contributed by atoms with Gasteiger partial charge in [-0.2, -0.15) is 0 Å². The Bertz CT molecular complexity index is 2650. The highest BCUT2D eigenvalue weighted by Gasteiger charge is 2.18. The third-order valence-electron chi connectivity index (χ3n) is 10.7. The molecule has 0 radical (unpaired) electrons. The van der Waals surface area contributed by atoms with Gasteiger partial charge in [-0.3, -0.25) is 0 Å². The number of hydrogen-bond donors (Lipinski definition) is 1. The summed E-state index contributed by atoms with van der Waals surface area (Å²) in [4.78, 5) is 6.95. The molecule has 62 heavy (non-hydrogen) atoms. The highest BCUT2D eigenvalue weighted by Crippen LogP contribution is 2.41. The normalized spacial score (nSPS) is 10.6. The lowest BCUT2D eigenvalue weighted by molar-refractivity contribution is 1.24. The summed E-state index contributed by atoms with van der Waals surface area (Å²) in [5.41, 5.74) is 17.2. The molecular formula is C58H52N4. The van der Waals surface area contributed by atoms with Gasteiger partial charge in [-0.15, -0.1) is 0 Å². The average molecular weight is 805 g/mol. The first-order valence-corrected chi connectivity index (χ1v) is 21.2. The predicted octanol–water partition coefficient (Wildman–Crippen LogP) is 16.8. The standard InChI is InChI=1S/C45H39N3.C13H13N/c1-34-20-22-39(23-21-34)46(40-24-28-42(29-25-40)47(37-14-6-4-7-15-37)44-18-10-12-35(2)32-44)41-26-30-43(31-27-41)48(38-16-8-5-9-17-38)45-19-11-13-36(3)33-45;1-11-6-5-9-13(10-11)14-12-7-3-2-4-8-12/h4-33H,1-3H3;2-10,14H,1H3. The molecule has 0 aliphatic heterocycles. The summed E-state index contributed by atoms with van der Waals surface area (Å²) in [6.07, 6.45) is 0. The minimum atomic E-state index is 1.09. The monoisotopic (exact) mass is 804 g/mol. The summed E-state index contributed by atoms with van der Waals surface area (Å²) < 4.78 is 0. The Labute approximate surface area is 367 Å². The van der Waals surface area contributed by atoms with E-state index in [1.807, 2.05) is 18.2 Å². The van der Waals surface area contributed by atoms with Crippen LogP contribution in [0.25, 0.3) is 0 Å². The molecule has 1 N–H and O–H groups in total. The molecule has 4 heteroatoms. The van der Waals surface area contributed by atoms with Gasteiger partial charge in [0.25, 0.3) is 0 Å². The topological polar surface area (TPSA) is 21.8 Å². The third-order valence-corrected chi connectivity index (χ3v) is 10.7. The number of aryl methyl sites for hydroxylation is 4. The van der Waals surface area contributed by atoms with E-state index in [9.17, 15) is 0 Å². The van der Waals surface area contributed by atoms with E-state index in [1.54, 1.807) is 0 Å². The molecule has 304 valence electrons. The van der Waals surface area contributed by atoms with Crippen LogP contribution in [0.1, 0.15) is 22.3 Å². The molecule has 0 aromatic heterocycles. The van der Waals surface area contributed by atoms with Crippen molar-refractivity contribution in [2.24, 2.45) is 0 Å². The molecule has 9 rings (SSSR count). The Morgan fingerprint density at radius 1 is 0.226 bits per heavy atom. The fourth-order valence-electron chi connectivity index (χ4n) is 7.64. The Balaban J connectivity index is 0.000000320. The SMILES string of the molecule is Cc1ccc(N(c2ccc(N(c3ccccc3)c3cccc(C)c3)cc2)c2ccc(N(c3ccccc3)c3cccc(C)c3)cc2)cc1.Cc1cccc(Nc2ccccc2)c1. The summed E-state index contributed by atoms with van der Waals surface area (Å²) in [5, 5.41) is 3.34. The zero-order chi connectivity index (χ0) is 42.7. The van der Waals surface area contributed by atoms with Gasteiger partial charge in [0.1, 0.15) is 0 Å². The molecule has 0 aliphatic rings. The van der Waals surface area contributed by atoms with E-state index in [4.69, 9.17) is 0 Å². The molecule has 9 aromatic carbocycles. The first-order valence-electron chi connectivity index (χ1n) is 21.2. The van der Waals surface area contributed by atoms with Gasteiger partial charge in [0.2, 0.25) is 0 Å². The fourth-order valence-corrected chi connectivity index (χ4v) is 7.64. The lowest BCUT2D eigenvalue weighted by Gasteiger charge is -2.29. The van der Waals surface area contributed by atoms with Crippen LogP contribution in [0.5, 0.6) is 0 Å². The number of para-hydroxylation sites is 3. The van der Waals surface area contributed by atoms with Gasteiger partial charge < -0.3 is 20.0 Å². The summed E-state index contributed by atoms with van der Waals surface area (Å²) in [6.45, 7) is 8.50. The molecule has 0 saturated carbocycles. The minimum absolute atomic E-state index is 1.09. The van der Waals surface area contributed by atoms with Crippen LogP contribution in [0.4, 0.5) is 62.6 Å². The highest BCUT2D eigenvalue weighted by molar-refractivity contribution is 5.83. The van der Waals surface area contributed by atoms with Crippen molar-refractivity contribution in [2.45, 2.75) is 27.7 Å². The summed E-state index contributed by atoms with van der Waals surface area (Å²) in [6, 6.07) is 83.5. The van der Waals surface area contributed by atoms with E-state index in [2.05, 4.69) is 266 Å². The second-order valence-electron chi connectivity index (χ2n) is 15.6. The highest BCUT2D eigenvalue weighted by atomic mass is 15.2. The molecular weight excluding hydrogens is 753 g/mol. The number of nitrogens with zero attached hydrogens (tertiary/aromatic N) is 3. The molecule has 0 spiro atoms. The van der Waals surface area contributed by atoms with E-state index in [-0.39, 0.29) is 0 Å². The Hall–Kier alpha value is -7.82. The first kappa shape index (κ1) is 40.9. The van der Waals surface area contributed by atoms with Crippen molar-refractivity contribution in [3.63, 3.8) is 0 Å². The predicted molar refractivity (Wildman–Crippen MR) is 266 cm³/mol. The molecule has 9 aromatic rings. The number of rotatable bonds is 11. The van der Waals surface area contributed by atoms with Gasteiger partial charge in [0, 0.05) is 62.6 Å². The lowest BCUT2D eigenvalue weighted by atomic mass is 10.1. The van der Waals surface area contributed by atoms with E-state index < -0.39 is 0 Å². The zero-order valence-corrected chi connectivity index (χ0v) is 35.9. The van der Waals surface area contributed by atoms with Crippen molar-refractivity contribution >= 4 is 62.6 Å². The molecule has 0 unspecified atom stereocenters. The summed E-state index contributed by atoms with van der Waals surface area (Å²) in [5.74, 6) is 0. The Morgan fingerprint density at radius 2 is 0.516 bits per heavy atom. The molecule has 0 bridgehead atoms. The Kier molecular flexibility index (Phi) is 12.9. The summed E-state index contributed by atoms with van der Waals surface area (Å²) >= 11 is 0. The molecule has 4 nitrogen and oxygen atoms in total. The molecule has 0 heterocycles. The second kappa shape index (κ2) is 19.5. The maximum Gasteiger partial charge on any atom is 0.0464 e. The van der Waals surface area contributed by atoms with Crippen molar-refractivity contribution in [3.05, 3.63) is 259 Å². The van der Waals surface area contributed by atoms with Gasteiger partial charge in [-0.25, -0.2) is 0 Å². The van der Waals surface area contributed by atoms with Gasteiger partial charge in [-0.1, -0.05) is 109 Å².